The van der Waals surface area contributed by atoms with Crippen LogP contribution in [0.1, 0.15) is 0 Å². The highest BCUT2D eigenvalue weighted by Gasteiger charge is 2.07. The molecule has 0 atom stereocenters. The molecule has 4 heteroatoms. The number of nitrogen functional groups attached to an aromatic ring is 1. The van der Waals surface area contributed by atoms with Gasteiger partial charge in [-0.05, 0) is 24.3 Å². The molecular formula is C13H9ClN2S. The first-order valence-electron chi connectivity index (χ1n) is 5.15. The lowest BCUT2D eigenvalue weighted by molar-refractivity contribution is 1.48. The second-order valence-corrected chi connectivity index (χ2v) is 5.16. The lowest BCUT2D eigenvalue weighted by atomic mass is 10.2. The molecule has 0 saturated heterocycles. The molecule has 0 aliphatic heterocycles. The third kappa shape index (κ3) is 1.88. The molecule has 1 aromatic heterocycles. The normalized spacial score (nSPS) is 10.9. The zero-order valence-electron chi connectivity index (χ0n) is 8.85. The van der Waals surface area contributed by atoms with Gasteiger partial charge in [0.1, 0.15) is 5.01 Å². The van der Waals surface area contributed by atoms with Crippen LogP contribution in [0.4, 0.5) is 5.69 Å². The largest absolute Gasteiger partial charge is 0.398 e. The fourth-order valence-electron chi connectivity index (χ4n) is 1.69. The lowest BCUT2D eigenvalue weighted by Crippen LogP contribution is -1.82. The summed E-state index contributed by atoms with van der Waals surface area (Å²) in [7, 11) is 0. The van der Waals surface area contributed by atoms with E-state index in [1.165, 1.54) is 0 Å². The van der Waals surface area contributed by atoms with E-state index in [0.717, 1.165) is 31.5 Å². The number of fused-ring (bicyclic) bond motifs is 1. The van der Waals surface area contributed by atoms with Gasteiger partial charge < -0.3 is 5.73 Å². The first-order valence-corrected chi connectivity index (χ1v) is 6.34. The molecule has 84 valence electrons. The summed E-state index contributed by atoms with van der Waals surface area (Å²) in [5.74, 6) is 0. The van der Waals surface area contributed by atoms with Crippen LogP contribution in [0.2, 0.25) is 5.02 Å². The smallest absolute Gasteiger partial charge is 0.124 e. The van der Waals surface area contributed by atoms with Gasteiger partial charge >= 0.3 is 0 Å². The molecule has 0 bridgehead atoms. The third-order valence-electron chi connectivity index (χ3n) is 2.54. The van der Waals surface area contributed by atoms with E-state index < -0.39 is 0 Å². The number of benzene rings is 2. The Morgan fingerprint density at radius 2 is 1.82 bits per heavy atom. The number of halogens is 1. The van der Waals surface area contributed by atoms with Gasteiger partial charge in [0, 0.05) is 10.6 Å². The van der Waals surface area contributed by atoms with E-state index in [0.29, 0.717) is 0 Å². The number of hydrogen-bond donors (Lipinski definition) is 1. The highest BCUT2D eigenvalue weighted by atomic mass is 35.5. The summed E-state index contributed by atoms with van der Waals surface area (Å²) in [5.41, 5.74) is 8.71. The molecule has 2 N–H and O–H groups in total. The summed E-state index contributed by atoms with van der Waals surface area (Å²) in [6.45, 7) is 0. The second-order valence-electron chi connectivity index (χ2n) is 3.72. The van der Waals surface area contributed by atoms with Crippen molar-refractivity contribution >= 4 is 38.8 Å². The minimum Gasteiger partial charge on any atom is -0.398 e. The summed E-state index contributed by atoms with van der Waals surface area (Å²) in [4.78, 5) is 4.57. The first-order chi connectivity index (χ1) is 8.24. The van der Waals surface area contributed by atoms with E-state index in [9.17, 15) is 0 Å². The van der Waals surface area contributed by atoms with Crippen LogP contribution >= 0.6 is 22.9 Å². The number of nitrogens with zero attached hydrogens (tertiary/aromatic N) is 1. The van der Waals surface area contributed by atoms with Gasteiger partial charge in [0.2, 0.25) is 0 Å². The molecule has 0 radical (unpaired) electrons. The number of aromatic nitrogens is 1. The van der Waals surface area contributed by atoms with E-state index in [-0.39, 0.29) is 0 Å². The molecule has 3 aromatic rings. The van der Waals surface area contributed by atoms with Gasteiger partial charge in [-0.2, -0.15) is 0 Å². The second kappa shape index (κ2) is 4.02. The Hall–Kier alpha value is -1.58. The average molecular weight is 261 g/mol. The van der Waals surface area contributed by atoms with Crippen LogP contribution in [0.15, 0.2) is 42.5 Å². The van der Waals surface area contributed by atoms with E-state index >= 15 is 0 Å². The van der Waals surface area contributed by atoms with Crippen LogP contribution in [0.3, 0.4) is 0 Å². The predicted octanol–water partition coefficient (Wildman–Crippen LogP) is 4.20. The van der Waals surface area contributed by atoms with E-state index in [4.69, 9.17) is 17.3 Å². The topological polar surface area (TPSA) is 38.9 Å². The molecule has 0 amide bonds. The van der Waals surface area contributed by atoms with Crippen LogP contribution in [-0.4, -0.2) is 4.98 Å². The van der Waals surface area contributed by atoms with Crippen molar-refractivity contribution in [3.05, 3.63) is 47.5 Å². The van der Waals surface area contributed by atoms with E-state index in [1.807, 2.05) is 42.5 Å². The zero-order valence-corrected chi connectivity index (χ0v) is 10.4. The Kier molecular flexibility index (Phi) is 2.50. The molecule has 0 saturated carbocycles. The summed E-state index contributed by atoms with van der Waals surface area (Å²) in [5, 5.41) is 1.70. The van der Waals surface area contributed by atoms with Crippen molar-refractivity contribution in [2.45, 2.75) is 0 Å². The van der Waals surface area contributed by atoms with Crippen molar-refractivity contribution in [1.82, 2.24) is 4.98 Å². The Labute approximate surface area is 108 Å². The Morgan fingerprint density at radius 3 is 2.53 bits per heavy atom. The first kappa shape index (κ1) is 10.6. The predicted molar refractivity (Wildman–Crippen MR) is 74.5 cm³/mol. The van der Waals surface area contributed by atoms with Gasteiger partial charge in [-0.25, -0.2) is 4.98 Å². The molecule has 0 aliphatic carbocycles. The standard InChI is InChI=1S/C13H9ClN2S/c14-9-6-4-8(5-7-9)13-16-11-3-1-2-10(15)12(11)17-13/h1-7H,15H2. The van der Waals surface area contributed by atoms with Gasteiger partial charge in [-0.3, -0.25) is 0 Å². The van der Waals surface area contributed by atoms with Gasteiger partial charge in [0.25, 0.3) is 0 Å². The number of anilines is 1. The number of rotatable bonds is 1. The highest BCUT2D eigenvalue weighted by molar-refractivity contribution is 7.22. The van der Waals surface area contributed by atoms with E-state index in [2.05, 4.69) is 4.98 Å². The Morgan fingerprint density at radius 1 is 1.06 bits per heavy atom. The molecule has 1 heterocycles. The van der Waals surface area contributed by atoms with Crippen molar-refractivity contribution in [1.29, 1.82) is 0 Å². The summed E-state index contributed by atoms with van der Waals surface area (Å²) in [6.07, 6.45) is 0. The van der Waals surface area contributed by atoms with Crippen LogP contribution in [0.5, 0.6) is 0 Å². The van der Waals surface area contributed by atoms with Crippen LogP contribution in [0.25, 0.3) is 20.8 Å². The quantitative estimate of drug-likeness (QED) is 0.666. The minimum absolute atomic E-state index is 0.731. The van der Waals surface area contributed by atoms with Crippen molar-refractivity contribution in [2.24, 2.45) is 0 Å². The van der Waals surface area contributed by atoms with Crippen molar-refractivity contribution in [2.75, 3.05) is 5.73 Å². The maximum Gasteiger partial charge on any atom is 0.124 e. The molecule has 2 aromatic carbocycles. The molecular weight excluding hydrogens is 252 g/mol. The summed E-state index contributed by atoms with van der Waals surface area (Å²) >= 11 is 7.47. The molecule has 3 rings (SSSR count). The lowest BCUT2D eigenvalue weighted by Gasteiger charge is -1.94. The van der Waals surface area contributed by atoms with Crippen LogP contribution in [-0.2, 0) is 0 Å². The molecule has 2 nitrogen and oxygen atoms in total. The maximum absolute atomic E-state index is 5.92. The molecule has 0 fully saturated rings. The Balaban J connectivity index is 2.18. The fourth-order valence-corrected chi connectivity index (χ4v) is 2.81. The molecule has 0 aliphatic rings. The number of nitrogens with two attached hydrogens (primary N) is 1. The molecule has 17 heavy (non-hydrogen) atoms. The monoisotopic (exact) mass is 260 g/mol. The number of hydrogen-bond acceptors (Lipinski definition) is 3. The third-order valence-corrected chi connectivity index (χ3v) is 3.96. The molecule has 0 unspecified atom stereocenters. The summed E-state index contributed by atoms with van der Waals surface area (Å²) < 4.78 is 1.04. The average Bonchev–Trinajstić information content (AvgIpc) is 2.75. The van der Waals surface area contributed by atoms with Crippen molar-refractivity contribution in [3.8, 4) is 10.6 Å². The zero-order chi connectivity index (χ0) is 11.8. The van der Waals surface area contributed by atoms with Gasteiger partial charge in [-0.15, -0.1) is 11.3 Å². The fraction of sp³-hybridized carbons (Fsp3) is 0. The van der Waals surface area contributed by atoms with Gasteiger partial charge in [-0.1, -0.05) is 29.8 Å². The van der Waals surface area contributed by atoms with Crippen molar-refractivity contribution in [3.63, 3.8) is 0 Å². The van der Waals surface area contributed by atoms with Crippen LogP contribution in [0, 0.1) is 0 Å². The maximum atomic E-state index is 5.92. The Bertz CT molecular complexity index is 673. The SMILES string of the molecule is Nc1cccc2nc(-c3ccc(Cl)cc3)sc12. The van der Waals surface area contributed by atoms with Gasteiger partial charge in [0.05, 0.1) is 15.9 Å². The van der Waals surface area contributed by atoms with Crippen LogP contribution < -0.4 is 5.73 Å². The van der Waals surface area contributed by atoms with E-state index in [1.54, 1.807) is 11.3 Å². The highest BCUT2D eigenvalue weighted by Crippen LogP contribution is 2.33. The number of thiazole rings is 1. The van der Waals surface area contributed by atoms with Crippen molar-refractivity contribution < 1.29 is 0 Å². The molecule has 0 spiro atoms. The van der Waals surface area contributed by atoms with Gasteiger partial charge in [0.15, 0.2) is 0 Å². The summed E-state index contributed by atoms with van der Waals surface area (Å²) in [6, 6.07) is 13.5. The minimum atomic E-state index is 0.731.